The summed E-state index contributed by atoms with van der Waals surface area (Å²) >= 11 is 0. The Balaban J connectivity index is 1.48. The Morgan fingerprint density at radius 3 is 2.79 bits per heavy atom. The van der Waals surface area contributed by atoms with Crippen LogP contribution in [-0.2, 0) is 6.54 Å². The van der Waals surface area contributed by atoms with Crippen LogP contribution in [0.5, 0.6) is 0 Å². The van der Waals surface area contributed by atoms with Gasteiger partial charge in [-0.3, -0.25) is 15.0 Å². The third-order valence-electron chi connectivity index (χ3n) is 4.34. The molecule has 6 nitrogen and oxygen atoms in total. The second-order valence-electron chi connectivity index (χ2n) is 6.28. The van der Waals surface area contributed by atoms with Crippen LogP contribution >= 0.6 is 0 Å². The minimum atomic E-state index is -0.0125. The SMILES string of the molecule is CN(Cc1cc(-c2ccccc2)n[nH]1)C(=O)c1cn[nH]c1C1CC1. The van der Waals surface area contributed by atoms with Crippen molar-refractivity contribution < 1.29 is 4.79 Å². The zero-order valence-electron chi connectivity index (χ0n) is 13.5. The van der Waals surface area contributed by atoms with Crippen LogP contribution in [0.2, 0.25) is 0 Å². The van der Waals surface area contributed by atoms with Crippen molar-refractivity contribution in [1.82, 2.24) is 25.3 Å². The van der Waals surface area contributed by atoms with E-state index in [1.807, 2.05) is 36.4 Å². The van der Waals surface area contributed by atoms with Gasteiger partial charge in [0.05, 0.1) is 35.4 Å². The molecular formula is C18H19N5O. The van der Waals surface area contributed by atoms with Gasteiger partial charge in [0.1, 0.15) is 0 Å². The van der Waals surface area contributed by atoms with Crippen LogP contribution in [0.25, 0.3) is 11.3 Å². The lowest BCUT2D eigenvalue weighted by Crippen LogP contribution is -2.26. The van der Waals surface area contributed by atoms with Gasteiger partial charge in [0, 0.05) is 18.5 Å². The van der Waals surface area contributed by atoms with Crippen LogP contribution in [0.3, 0.4) is 0 Å². The Hall–Kier alpha value is -2.89. The molecule has 24 heavy (non-hydrogen) atoms. The molecule has 0 aliphatic heterocycles. The Bertz CT molecular complexity index is 847. The van der Waals surface area contributed by atoms with Crippen molar-refractivity contribution in [3.8, 4) is 11.3 Å². The van der Waals surface area contributed by atoms with E-state index in [0.29, 0.717) is 18.0 Å². The summed E-state index contributed by atoms with van der Waals surface area (Å²) in [6, 6.07) is 12.0. The van der Waals surface area contributed by atoms with Gasteiger partial charge >= 0.3 is 0 Å². The first-order chi connectivity index (χ1) is 11.7. The number of benzene rings is 1. The monoisotopic (exact) mass is 321 g/mol. The number of carbonyl (C=O) groups excluding carboxylic acids is 1. The minimum Gasteiger partial charge on any atom is -0.336 e. The first-order valence-corrected chi connectivity index (χ1v) is 8.11. The summed E-state index contributed by atoms with van der Waals surface area (Å²) in [7, 11) is 1.80. The van der Waals surface area contributed by atoms with Gasteiger partial charge in [-0.25, -0.2) is 0 Å². The molecule has 1 fully saturated rings. The van der Waals surface area contributed by atoms with Crippen molar-refractivity contribution in [2.24, 2.45) is 0 Å². The van der Waals surface area contributed by atoms with E-state index in [-0.39, 0.29) is 5.91 Å². The van der Waals surface area contributed by atoms with E-state index in [1.165, 1.54) is 0 Å². The summed E-state index contributed by atoms with van der Waals surface area (Å²) in [5.41, 5.74) is 4.50. The van der Waals surface area contributed by atoms with E-state index in [4.69, 9.17) is 0 Å². The van der Waals surface area contributed by atoms with Gasteiger partial charge in [0.15, 0.2) is 0 Å². The molecule has 1 saturated carbocycles. The number of amides is 1. The Morgan fingerprint density at radius 1 is 1.25 bits per heavy atom. The zero-order valence-corrected chi connectivity index (χ0v) is 13.5. The molecule has 6 heteroatoms. The normalized spacial score (nSPS) is 13.9. The maximum absolute atomic E-state index is 12.7. The largest absolute Gasteiger partial charge is 0.336 e. The van der Waals surface area contributed by atoms with Gasteiger partial charge in [-0.1, -0.05) is 30.3 Å². The predicted molar refractivity (Wildman–Crippen MR) is 90.4 cm³/mol. The Labute approximate surface area is 139 Å². The number of nitrogens with one attached hydrogen (secondary N) is 2. The molecule has 1 aromatic carbocycles. The summed E-state index contributed by atoms with van der Waals surface area (Å²) in [6.45, 7) is 0.480. The lowest BCUT2D eigenvalue weighted by atomic mass is 10.1. The molecule has 2 aromatic heterocycles. The predicted octanol–water partition coefficient (Wildman–Crippen LogP) is 2.95. The number of aromatic nitrogens is 4. The molecule has 1 amide bonds. The molecule has 0 bridgehead atoms. The van der Waals surface area contributed by atoms with Gasteiger partial charge < -0.3 is 4.90 Å². The number of carbonyl (C=O) groups is 1. The number of hydrogen-bond acceptors (Lipinski definition) is 3. The van der Waals surface area contributed by atoms with Crippen molar-refractivity contribution in [3.05, 3.63) is 59.5 Å². The van der Waals surface area contributed by atoms with Crippen LogP contribution in [-0.4, -0.2) is 38.2 Å². The molecule has 3 aromatic rings. The second-order valence-corrected chi connectivity index (χ2v) is 6.28. The number of nitrogens with zero attached hydrogens (tertiary/aromatic N) is 3. The second kappa shape index (κ2) is 5.96. The highest BCUT2D eigenvalue weighted by Gasteiger charge is 2.30. The quantitative estimate of drug-likeness (QED) is 0.758. The summed E-state index contributed by atoms with van der Waals surface area (Å²) in [5.74, 6) is 0.457. The summed E-state index contributed by atoms with van der Waals surface area (Å²) < 4.78 is 0. The number of rotatable bonds is 5. The minimum absolute atomic E-state index is 0.0125. The molecule has 0 unspecified atom stereocenters. The molecule has 0 spiro atoms. The smallest absolute Gasteiger partial charge is 0.257 e. The van der Waals surface area contributed by atoms with Gasteiger partial charge in [0.2, 0.25) is 0 Å². The summed E-state index contributed by atoms with van der Waals surface area (Å²) in [5, 5.41) is 14.4. The van der Waals surface area contributed by atoms with Gasteiger partial charge in [-0.15, -0.1) is 0 Å². The van der Waals surface area contributed by atoms with E-state index >= 15 is 0 Å². The van der Waals surface area contributed by atoms with Gasteiger partial charge in [-0.2, -0.15) is 10.2 Å². The standard InChI is InChI=1S/C18H19N5O/c1-23(18(24)15-10-19-22-17(15)13-7-8-13)11-14-9-16(21-20-14)12-5-3-2-4-6-12/h2-6,9-10,13H,7-8,11H2,1H3,(H,19,22)(H,20,21). The fourth-order valence-electron chi connectivity index (χ4n) is 2.88. The van der Waals surface area contributed by atoms with E-state index in [1.54, 1.807) is 18.1 Å². The highest BCUT2D eigenvalue weighted by atomic mass is 16.2. The van der Waals surface area contributed by atoms with Crippen molar-refractivity contribution in [2.75, 3.05) is 7.05 Å². The summed E-state index contributed by atoms with van der Waals surface area (Å²) in [4.78, 5) is 14.4. The number of H-pyrrole nitrogens is 2. The Kier molecular flexibility index (Phi) is 3.65. The molecular weight excluding hydrogens is 302 g/mol. The average Bonchev–Trinajstić information content (AvgIpc) is 3.15. The van der Waals surface area contributed by atoms with Gasteiger partial charge in [-0.05, 0) is 18.9 Å². The van der Waals surface area contributed by atoms with Crippen molar-refractivity contribution >= 4 is 5.91 Å². The molecule has 2 N–H and O–H groups in total. The highest BCUT2D eigenvalue weighted by Crippen LogP contribution is 2.40. The molecule has 0 saturated heterocycles. The molecule has 122 valence electrons. The molecule has 0 radical (unpaired) electrons. The lowest BCUT2D eigenvalue weighted by molar-refractivity contribution is 0.0782. The number of aromatic amines is 2. The number of hydrogen-bond donors (Lipinski definition) is 2. The van der Waals surface area contributed by atoms with Crippen LogP contribution in [0.1, 0.15) is 40.5 Å². The van der Waals surface area contributed by atoms with Crippen LogP contribution < -0.4 is 0 Å². The van der Waals surface area contributed by atoms with E-state index < -0.39 is 0 Å². The third kappa shape index (κ3) is 2.82. The first kappa shape index (κ1) is 14.7. The molecule has 0 atom stereocenters. The van der Waals surface area contributed by atoms with Gasteiger partial charge in [0.25, 0.3) is 5.91 Å². The van der Waals surface area contributed by atoms with E-state index in [0.717, 1.165) is 35.5 Å². The maximum Gasteiger partial charge on any atom is 0.257 e. The van der Waals surface area contributed by atoms with Crippen LogP contribution in [0.15, 0.2) is 42.6 Å². The lowest BCUT2D eigenvalue weighted by Gasteiger charge is -2.16. The van der Waals surface area contributed by atoms with Crippen molar-refractivity contribution in [2.45, 2.75) is 25.3 Å². The fourth-order valence-corrected chi connectivity index (χ4v) is 2.88. The third-order valence-corrected chi connectivity index (χ3v) is 4.34. The van der Waals surface area contributed by atoms with Crippen molar-refractivity contribution in [1.29, 1.82) is 0 Å². The zero-order chi connectivity index (χ0) is 16.5. The maximum atomic E-state index is 12.7. The van der Waals surface area contributed by atoms with Crippen molar-refractivity contribution in [3.63, 3.8) is 0 Å². The Morgan fingerprint density at radius 2 is 2.04 bits per heavy atom. The first-order valence-electron chi connectivity index (χ1n) is 8.11. The van der Waals surface area contributed by atoms with E-state index in [9.17, 15) is 4.79 Å². The van der Waals surface area contributed by atoms with Crippen LogP contribution in [0, 0.1) is 0 Å². The molecule has 1 aliphatic carbocycles. The highest BCUT2D eigenvalue weighted by molar-refractivity contribution is 5.95. The van der Waals surface area contributed by atoms with E-state index in [2.05, 4.69) is 20.4 Å². The fraction of sp³-hybridized carbons (Fsp3) is 0.278. The summed E-state index contributed by atoms with van der Waals surface area (Å²) in [6.07, 6.45) is 3.90. The molecule has 2 heterocycles. The molecule has 1 aliphatic rings. The topological polar surface area (TPSA) is 77.7 Å². The van der Waals surface area contributed by atoms with Crippen LogP contribution in [0.4, 0.5) is 0 Å². The molecule has 4 rings (SSSR count). The average molecular weight is 321 g/mol.